The molecule has 1 aliphatic heterocycles. The van der Waals surface area contributed by atoms with Gasteiger partial charge in [0.1, 0.15) is 5.01 Å². The number of aromatic nitrogens is 2. The second kappa shape index (κ2) is 8.02. The number of ether oxygens (including phenoxy) is 1. The van der Waals surface area contributed by atoms with E-state index in [1.54, 1.807) is 18.3 Å². The van der Waals surface area contributed by atoms with Crippen molar-refractivity contribution >= 4 is 39.2 Å². The van der Waals surface area contributed by atoms with Gasteiger partial charge in [-0.1, -0.05) is 12.1 Å². The van der Waals surface area contributed by atoms with Crippen LogP contribution in [0.4, 0.5) is 0 Å². The van der Waals surface area contributed by atoms with E-state index in [9.17, 15) is 14.4 Å². The van der Waals surface area contributed by atoms with Gasteiger partial charge in [-0.3, -0.25) is 9.59 Å². The van der Waals surface area contributed by atoms with Gasteiger partial charge >= 0.3 is 5.97 Å². The van der Waals surface area contributed by atoms with Crippen molar-refractivity contribution < 1.29 is 19.1 Å². The number of benzene rings is 1. The number of aromatic amines is 1. The Morgan fingerprint density at radius 3 is 2.77 bits per heavy atom. The van der Waals surface area contributed by atoms with Gasteiger partial charge in [0.15, 0.2) is 5.78 Å². The van der Waals surface area contributed by atoms with E-state index in [4.69, 9.17) is 9.72 Å². The van der Waals surface area contributed by atoms with Crippen molar-refractivity contribution in [3.8, 4) is 0 Å². The van der Waals surface area contributed by atoms with Gasteiger partial charge in [0.2, 0.25) is 5.91 Å². The number of carbonyl (C=O) groups excluding carboxylic acids is 3. The lowest BCUT2D eigenvalue weighted by Gasteiger charge is -2.23. The number of nitrogens with zero attached hydrogens (tertiary/aromatic N) is 2. The monoisotopic (exact) mass is 425 g/mol. The van der Waals surface area contributed by atoms with Gasteiger partial charge < -0.3 is 14.6 Å². The number of H-pyrrole nitrogens is 1. The molecule has 1 aromatic carbocycles. The Morgan fingerprint density at radius 2 is 2.07 bits per heavy atom. The minimum Gasteiger partial charge on any atom is -0.465 e. The van der Waals surface area contributed by atoms with E-state index < -0.39 is 5.97 Å². The molecule has 3 heterocycles. The molecule has 156 valence electrons. The summed E-state index contributed by atoms with van der Waals surface area (Å²) in [6.45, 7) is 3.76. The Balaban J connectivity index is 1.62. The lowest BCUT2D eigenvalue weighted by atomic mass is 10.1. The molecule has 0 saturated carbocycles. The van der Waals surface area contributed by atoms with Crippen LogP contribution in [-0.2, 0) is 16.0 Å². The third-order valence-electron chi connectivity index (χ3n) is 5.57. The quantitative estimate of drug-likeness (QED) is 0.495. The highest BCUT2D eigenvalue weighted by Gasteiger charge is 2.33. The Hall–Kier alpha value is -3.00. The molecule has 8 heteroatoms. The predicted octanol–water partition coefficient (Wildman–Crippen LogP) is 3.83. The molecule has 3 aromatic rings. The van der Waals surface area contributed by atoms with Crippen LogP contribution in [0, 0.1) is 6.92 Å². The van der Waals surface area contributed by atoms with E-state index in [0.717, 1.165) is 28.1 Å². The van der Waals surface area contributed by atoms with Crippen LogP contribution in [0.1, 0.15) is 62.9 Å². The van der Waals surface area contributed by atoms with Crippen molar-refractivity contribution in [1.29, 1.82) is 0 Å². The predicted molar refractivity (Wildman–Crippen MR) is 114 cm³/mol. The number of hydrogen-bond acceptors (Lipinski definition) is 6. The average Bonchev–Trinajstić information content (AvgIpc) is 3.43. The molecule has 1 saturated heterocycles. The minimum absolute atomic E-state index is 0.0000512. The summed E-state index contributed by atoms with van der Waals surface area (Å²) in [5, 5.41) is 0.933. The lowest BCUT2D eigenvalue weighted by Crippen LogP contribution is -2.32. The van der Waals surface area contributed by atoms with E-state index in [0.29, 0.717) is 23.5 Å². The molecular weight excluding hydrogens is 402 g/mol. The molecule has 4 rings (SSSR count). The molecule has 0 aliphatic carbocycles. The van der Waals surface area contributed by atoms with E-state index in [2.05, 4.69) is 4.98 Å². The molecule has 7 nitrogen and oxygen atoms in total. The summed E-state index contributed by atoms with van der Waals surface area (Å²) < 4.78 is 5.98. The van der Waals surface area contributed by atoms with Crippen LogP contribution in [-0.4, -0.2) is 46.2 Å². The topological polar surface area (TPSA) is 92.4 Å². The number of esters is 1. The number of likely N-dealkylation sites (tertiary alicyclic amines) is 1. The maximum atomic E-state index is 13.2. The normalized spacial score (nSPS) is 16.2. The van der Waals surface area contributed by atoms with Crippen molar-refractivity contribution in [1.82, 2.24) is 14.9 Å². The van der Waals surface area contributed by atoms with Gasteiger partial charge in [-0.2, -0.15) is 0 Å². The number of methoxy groups -OCH3 is 1. The van der Waals surface area contributed by atoms with Crippen LogP contribution in [0.5, 0.6) is 0 Å². The van der Waals surface area contributed by atoms with E-state index in [1.165, 1.54) is 14.0 Å². The van der Waals surface area contributed by atoms with Gasteiger partial charge in [-0.15, -0.1) is 11.3 Å². The number of fused-ring (bicyclic) bond motifs is 1. The summed E-state index contributed by atoms with van der Waals surface area (Å²) in [4.78, 5) is 47.0. The molecule has 0 spiro atoms. The average molecular weight is 426 g/mol. The summed E-state index contributed by atoms with van der Waals surface area (Å²) in [6, 6.07) is 7.88. The zero-order valence-electron chi connectivity index (χ0n) is 17.2. The number of Topliss-reactive ketones (excluding diaryl/α,β-unsaturated/α-hetero) is 1. The molecular formula is C22H23N3O4S. The highest BCUT2D eigenvalue weighted by Crippen LogP contribution is 2.37. The number of amides is 1. The van der Waals surface area contributed by atoms with E-state index in [-0.39, 0.29) is 29.7 Å². The standard InChI is InChI=1S/C22H23N3O4S/c1-12-19(22(28)29-3)15(23-20(12)13(2)26)11-18(27)25-10-6-8-16(25)21-24-14-7-4-5-9-17(14)30-21/h4-5,7,9,16,23H,6,8,10-11H2,1-3H3. The zero-order chi connectivity index (χ0) is 21.4. The zero-order valence-corrected chi connectivity index (χ0v) is 18.0. The van der Waals surface area contributed by atoms with Gasteiger partial charge in [0, 0.05) is 19.2 Å². The maximum Gasteiger partial charge on any atom is 0.339 e. The van der Waals surface area contributed by atoms with Crippen molar-refractivity contribution in [3.05, 3.63) is 51.8 Å². The molecule has 1 aliphatic rings. The van der Waals surface area contributed by atoms with Crippen LogP contribution in [0.15, 0.2) is 24.3 Å². The minimum atomic E-state index is -0.553. The summed E-state index contributed by atoms with van der Waals surface area (Å²) in [5.74, 6) is -0.841. The first-order valence-corrected chi connectivity index (χ1v) is 10.7. The molecule has 1 atom stereocenters. The van der Waals surface area contributed by atoms with Crippen LogP contribution in [0.2, 0.25) is 0 Å². The van der Waals surface area contributed by atoms with Crippen LogP contribution < -0.4 is 0 Å². The number of ketones is 1. The van der Waals surface area contributed by atoms with Crippen molar-refractivity contribution in [3.63, 3.8) is 0 Å². The summed E-state index contributed by atoms with van der Waals surface area (Å²) in [5.41, 5.74) is 2.48. The second-order valence-corrected chi connectivity index (χ2v) is 8.53. The summed E-state index contributed by atoms with van der Waals surface area (Å²) in [6.07, 6.45) is 1.76. The Kier molecular flexibility index (Phi) is 5.42. The molecule has 1 unspecified atom stereocenters. The molecule has 0 bridgehead atoms. The molecule has 2 aromatic heterocycles. The van der Waals surface area contributed by atoms with Crippen molar-refractivity contribution in [2.75, 3.05) is 13.7 Å². The number of carbonyl (C=O) groups is 3. The Morgan fingerprint density at radius 1 is 1.30 bits per heavy atom. The first-order valence-electron chi connectivity index (χ1n) is 9.86. The molecule has 1 N–H and O–H groups in total. The fourth-order valence-electron chi connectivity index (χ4n) is 4.13. The van der Waals surface area contributed by atoms with Gasteiger partial charge in [-0.05, 0) is 37.5 Å². The third-order valence-corrected chi connectivity index (χ3v) is 6.70. The summed E-state index contributed by atoms with van der Waals surface area (Å²) >= 11 is 1.61. The number of para-hydroxylation sites is 1. The van der Waals surface area contributed by atoms with E-state index >= 15 is 0 Å². The Labute approximate surface area is 178 Å². The second-order valence-electron chi connectivity index (χ2n) is 7.47. The number of thiazole rings is 1. The van der Waals surface area contributed by atoms with Crippen LogP contribution in [0.3, 0.4) is 0 Å². The van der Waals surface area contributed by atoms with Crippen molar-refractivity contribution in [2.24, 2.45) is 0 Å². The fraction of sp³-hybridized carbons (Fsp3) is 0.364. The molecule has 0 radical (unpaired) electrons. The molecule has 1 amide bonds. The summed E-state index contributed by atoms with van der Waals surface area (Å²) in [7, 11) is 1.29. The van der Waals surface area contributed by atoms with Gasteiger partial charge in [-0.25, -0.2) is 9.78 Å². The van der Waals surface area contributed by atoms with Crippen LogP contribution >= 0.6 is 11.3 Å². The van der Waals surface area contributed by atoms with Gasteiger partial charge in [0.25, 0.3) is 0 Å². The number of hydrogen-bond donors (Lipinski definition) is 1. The number of rotatable bonds is 5. The Bertz CT molecular complexity index is 1110. The molecule has 1 fully saturated rings. The lowest BCUT2D eigenvalue weighted by molar-refractivity contribution is -0.131. The van der Waals surface area contributed by atoms with Crippen LogP contribution in [0.25, 0.3) is 10.2 Å². The highest BCUT2D eigenvalue weighted by atomic mass is 32.1. The highest BCUT2D eigenvalue weighted by molar-refractivity contribution is 7.18. The SMILES string of the molecule is COC(=O)c1c(CC(=O)N2CCCC2c2nc3ccccc3s2)[nH]c(C(C)=O)c1C. The fourth-order valence-corrected chi connectivity index (χ4v) is 5.24. The molecule has 30 heavy (non-hydrogen) atoms. The number of nitrogens with one attached hydrogen (secondary N) is 1. The van der Waals surface area contributed by atoms with E-state index in [1.807, 2.05) is 29.2 Å². The maximum absolute atomic E-state index is 13.2. The first kappa shape index (κ1) is 20.3. The largest absolute Gasteiger partial charge is 0.465 e. The third kappa shape index (κ3) is 3.52. The smallest absolute Gasteiger partial charge is 0.339 e. The van der Waals surface area contributed by atoms with Gasteiger partial charge in [0.05, 0.1) is 41.0 Å². The van der Waals surface area contributed by atoms with Crippen molar-refractivity contribution in [2.45, 2.75) is 39.2 Å². The first-order chi connectivity index (χ1) is 14.4.